The molecule has 17 heavy (non-hydrogen) atoms. The van der Waals surface area contributed by atoms with Gasteiger partial charge in [0, 0.05) is 17.5 Å². The maximum atomic E-state index is 12.1. The van der Waals surface area contributed by atoms with E-state index >= 15 is 0 Å². The zero-order chi connectivity index (χ0) is 11.7. The summed E-state index contributed by atoms with van der Waals surface area (Å²) in [5.74, 6) is 1.40. The number of hydrogen-bond acceptors (Lipinski definition) is 3. The summed E-state index contributed by atoms with van der Waals surface area (Å²) < 4.78 is 0. The molecule has 3 atom stereocenters. The number of carbonyl (C=O) groups is 1. The summed E-state index contributed by atoms with van der Waals surface area (Å²) in [6, 6.07) is 0. The third-order valence-corrected chi connectivity index (χ3v) is 4.40. The van der Waals surface area contributed by atoms with Crippen LogP contribution in [0, 0.1) is 17.8 Å². The second-order valence-electron chi connectivity index (χ2n) is 4.81. The SMILES string of the molecule is O=C(Nc1nccs1)[C@@H]1[C@@H]2/C=C/CCCC[C@@H]21. The number of fused-ring (bicyclic) bond motifs is 1. The molecule has 1 N–H and O–H groups in total. The Morgan fingerprint density at radius 1 is 1.47 bits per heavy atom. The normalized spacial score (nSPS) is 33.1. The Hall–Kier alpha value is -1.16. The molecule has 2 aliphatic rings. The fraction of sp³-hybridized carbons (Fsp3) is 0.538. The molecule has 4 heteroatoms. The van der Waals surface area contributed by atoms with Gasteiger partial charge in [0.05, 0.1) is 0 Å². The van der Waals surface area contributed by atoms with E-state index in [4.69, 9.17) is 0 Å². The molecule has 1 saturated carbocycles. The van der Waals surface area contributed by atoms with Crippen LogP contribution in [0.25, 0.3) is 0 Å². The average Bonchev–Trinajstić information content (AvgIpc) is 2.72. The lowest BCUT2D eigenvalue weighted by atomic mass is 10.1. The third-order valence-electron chi connectivity index (χ3n) is 3.71. The van der Waals surface area contributed by atoms with Gasteiger partial charge in [0.15, 0.2) is 5.13 Å². The van der Waals surface area contributed by atoms with E-state index in [0.29, 0.717) is 11.8 Å². The number of aromatic nitrogens is 1. The number of nitrogens with one attached hydrogen (secondary N) is 1. The van der Waals surface area contributed by atoms with Gasteiger partial charge >= 0.3 is 0 Å². The molecule has 0 aromatic carbocycles. The molecule has 0 spiro atoms. The average molecular weight is 248 g/mol. The van der Waals surface area contributed by atoms with Crippen LogP contribution in [0.1, 0.15) is 25.7 Å². The Morgan fingerprint density at radius 3 is 3.24 bits per heavy atom. The zero-order valence-electron chi connectivity index (χ0n) is 9.63. The first-order valence-electron chi connectivity index (χ1n) is 6.23. The van der Waals surface area contributed by atoms with Gasteiger partial charge in [-0.1, -0.05) is 18.6 Å². The largest absolute Gasteiger partial charge is 0.302 e. The van der Waals surface area contributed by atoms with Gasteiger partial charge in [-0.05, 0) is 31.1 Å². The quantitative estimate of drug-likeness (QED) is 0.817. The second-order valence-corrected chi connectivity index (χ2v) is 5.70. The van der Waals surface area contributed by atoms with Crippen molar-refractivity contribution in [3.63, 3.8) is 0 Å². The van der Waals surface area contributed by atoms with E-state index < -0.39 is 0 Å². The molecule has 2 aliphatic carbocycles. The van der Waals surface area contributed by atoms with Crippen LogP contribution in [0.3, 0.4) is 0 Å². The molecule has 1 heterocycles. The molecular weight excluding hydrogens is 232 g/mol. The van der Waals surface area contributed by atoms with Crippen LogP contribution in [0.5, 0.6) is 0 Å². The molecule has 1 amide bonds. The number of anilines is 1. The first kappa shape index (κ1) is 11.0. The van der Waals surface area contributed by atoms with Gasteiger partial charge in [-0.25, -0.2) is 4.98 Å². The van der Waals surface area contributed by atoms with E-state index in [9.17, 15) is 4.79 Å². The van der Waals surface area contributed by atoms with Crippen LogP contribution in [0.15, 0.2) is 23.7 Å². The lowest BCUT2D eigenvalue weighted by Gasteiger charge is -2.00. The first-order valence-corrected chi connectivity index (χ1v) is 7.11. The highest BCUT2D eigenvalue weighted by molar-refractivity contribution is 7.13. The van der Waals surface area contributed by atoms with E-state index in [1.807, 2.05) is 5.38 Å². The molecule has 0 saturated heterocycles. The molecule has 1 fully saturated rings. The minimum Gasteiger partial charge on any atom is -0.302 e. The third kappa shape index (κ3) is 2.27. The topological polar surface area (TPSA) is 42.0 Å². The number of hydrogen-bond donors (Lipinski definition) is 1. The lowest BCUT2D eigenvalue weighted by molar-refractivity contribution is -0.117. The van der Waals surface area contributed by atoms with Gasteiger partial charge in [-0.15, -0.1) is 11.3 Å². The number of thiazole rings is 1. The van der Waals surface area contributed by atoms with Crippen molar-refractivity contribution in [3.8, 4) is 0 Å². The molecule has 3 rings (SSSR count). The highest BCUT2D eigenvalue weighted by Crippen LogP contribution is 2.51. The first-order chi connectivity index (χ1) is 8.36. The smallest absolute Gasteiger partial charge is 0.230 e. The van der Waals surface area contributed by atoms with Crippen molar-refractivity contribution in [1.82, 2.24) is 4.98 Å². The fourth-order valence-electron chi connectivity index (χ4n) is 2.77. The Labute approximate surface area is 105 Å². The number of nitrogens with zero attached hydrogens (tertiary/aromatic N) is 1. The van der Waals surface area contributed by atoms with Gasteiger partial charge in [0.25, 0.3) is 0 Å². The fourth-order valence-corrected chi connectivity index (χ4v) is 3.31. The monoisotopic (exact) mass is 248 g/mol. The van der Waals surface area contributed by atoms with Crippen LogP contribution in [0.4, 0.5) is 5.13 Å². The number of carbonyl (C=O) groups excluding carboxylic acids is 1. The predicted molar refractivity (Wildman–Crippen MR) is 68.8 cm³/mol. The van der Waals surface area contributed by atoms with E-state index in [1.54, 1.807) is 6.20 Å². The maximum absolute atomic E-state index is 12.1. The summed E-state index contributed by atoms with van der Waals surface area (Å²) in [5.41, 5.74) is 0. The second kappa shape index (κ2) is 4.61. The van der Waals surface area contributed by atoms with Crippen LogP contribution in [-0.2, 0) is 4.79 Å². The number of amides is 1. The van der Waals surface area contributed by atoms with E-state index in [0.717, 1.165) is 5.13 Å². The number of allylic oxidation sites excluding steroid dienone is 2. The van der Waals surface area contributed by atoms with Crippen molar-refractivity contribution >= 4 is 22.4 Å². The number of rotatable bonds is 2. The van der Waals surface area contributed by atoms with Crippen LogP contribution in [0.2, 0.25) is 0 Å². The van der Waals surface area contributed by atoms with Crippen LogP contribution >= 0.6 is 11.3 Å². The standard InChI is InChI=1S/C13H16N2OS/c16-12(15-13-14-7-8-17-13)11-9-5-3-1-2-4-6-10(9)11/h3,5,7-11H,1-2,4,6H2,(H,14,15,16)/b5-3+/t9-,10+,11-/m1/s1. The Bertz CT molecular complexity index is 427. The van der Waals surface area contributed by atoms with Crippen molar-refractivity contribution in [2.75, 3.05) is 5.32 Å². The minimum atomic E-state index is 0.154. The van der Waals surface area contributed by atoms with Crippen molar-refractivity contribution < 1.29 is 4.79 Å². The van der Waals surface area contributed by atoms with Crippen molar-refractivity contribution in [3.05, 3.63) is 23.7 Å². The zero-order valence-corrected chi connectivity index (χ0v) is 10.5. The summed E-state index contributed by atoms with van der Waals surface area (Å²) in [7, 11) is 0. The van der Waals surface area contributed by atoms with Gasteiger partial charge in [-0.3, -0.25) is 4.79 Å². The molecule has 0 aliphatic heterocycles. The Balaban J connectivity index is 1.64. The molecule has 3 nitrogen and oxygen atoms in total. The van der Waals surface area contributed by atoms with E-state index in [2.05, 4.69) is 22.5 Å². The minimum absolute atomic E-state index is 0.154. The molecule has 0 unspecified atom stereocenters. The van der Waals surface area contributed by atoms with Crippen LogP contribution in [-0.4, -0.2) is 10.9 Å². The summed E-state index contributed by atoms with van der Waals surface area (Å²) >= 11 is 1.48. The summed E-state index contributed by atoms with van der Waals surface area (Å²) in [6.45, 7) is 0. The van der Waals surface area contributed by atoms with Gasteiger partial charge in [-0.2, -0.15) is 0 Å². The Kier molecular flexibility index (Phi) is 2.97. The van der Waals surface area contributed by atoms with Crippen molar-refractivity contribution in [2.45, 2.75) is 25.7 Å². The van der Waals surface area contributed by atoms with Gasteiger partial charge < -0.3 is 5.32 Å². The molecule has 90 valence electrons. The van der Waals surface area contributed by atoms with Crippen LogP contribution < -0.4 is 5.32 Å². The molecule has 0 radical (unpaired) electrons. The lowest BCUT2D eigenvalue weighted by Crippen LogP contribution is -2.15. The van der Waals surface area contributed by atoms with Gasteiger partial charge in [0.1, 0.15) is 0 Å². The Morgan fingerprint density at radius 2 is 2.41 bits per heavy atom. The summed E-state index contributed by atoms with van der Waals surface area (Å²) in [5, 5.41) is 5.52. The van der Waals surface area contributed by atoms with Gasteiger partial charge in [0.2, 0.25) is 5.91 Å². The van der Waals surface area contributed by atoms with E-state index in [1.165, 1.54) is 37.0 Å². The highest BCUT2D eigenvalue weighted by Gasteiger charge is 2.52. The molecule has 0 bridgehead atoms. The van der Waals surface area contributed by atoms with E-state index in [-0.39, 0.29) is 11.8 Å². The maximum Gasteiger partial charge on any atom is 0.230 e. The van der Waals surface area contributed by atoms with Crippen molar-refractivity contribution in [1.29, 1.82) is 0 Å². The van der Waals surface area contributed by atoms with Crippen molar-refractivity contribution in [2.24, 2.45) is 17.8 Å². The molecule has 1 aromatic rings. The summed E-state index contributed by atoms with van der Waals surface area (Å²) in [4.78, 5) is 16.2. The molecule has 1 aromatic heterocycles. The summed E-state index contributed by atoms with van der Waals surface area (Å²) in [6.07, 6.45) is 11.1. The molecular formula is C13H16N2OS. The predicted octanol–water partition coefficient (Wildman–Crippen LogP) is 3.07. The highest BCUT2D eigenvalue weighted by atomic mass is 32.1.